The smallest absolute Gasteiger partial charge is 0.317 e. The van der Waals surface area contributed by atoms with Gasteiger partial charge in [0.15, 0.2) is 0 Å². The van der Waals surface area contributed by atoms with Crippen molar-refractivity contribution < 1.29 is 118 Å². The third-order valence-corrected chi connectivity index (χ3v) is 18.4. The van der Waals surface area contributed by atoms with Crippen LogP contribution in [0, 0.1) is 11.3 Å². The van der Waals surface area contributed by atoms with Gasteiger partial charge in [-0.1, -0.05) is 20.8 Å². The molecule has 0 aliphatic carbocycles. The molecule has 3 aliphatic heterocycles. The molecule has 3 heterocycles. The first-order valence-corrected chi connectivity index (χ1v) is 35.7. The zero-order valence-electron chi connectivity index (χ0n) is 62.2. The average Bonchev–Trinajstić information content (AvgIpc) is 0.882. The summed E-state index contributed by atoms with van der Waals surface area (Å²) in [5.74, 6) is -14.4. The topological polar surface area (TPSA) is 540 Å². The maximum absolute atomic E-state index is 14.4. The summed E-state index contributed by atoms with van der Waals surface area (Å²) in [6.45, 7) is 4.90. The van der Waals surface area contributed by atoms with E-state index in [9.17, 15) is 118 Å². The van der Waals surface area contributed by atoms with Gasteiger partial charge in [-0.3, -0.25) is 131 Å². The van der Waals surface area contributed by atoms with Crippen LogP contribution in [0.2, 0.25) is 0 Å². The molecule has 608 valence electrons. The van der Waals surface area contributed by atoms with Gasteiger partial charge in [0.25, 0.3) is 0 Å². The quantitative estimate of drug-likeness (QED) is 0.0273. The number of hydrogen-bond acceptors (Lipinski definition) is 27. The van der Waals surface area contributed by atoms with Crippen LogP contribution in [0.1, 0.15) is 34.6 Å². The molecule has 3 saturated heterocycles. The second-order valence-electron chi connectivity index (χ2n) is 28.0. The molecule has 0 bridgehead atoms. The average molecular weight is 1530 g/mol. The van der Waals surface area contributed by atoms with Crippen molar-refractivity contribution in [2.24, 2.45) is 11.3 Å². The molecule has 3 rings (SSSR count). The monoisotopic (exact) mass is 1530 g/mol. The number of carbonyl (C=O) groups excluding carboxylic acids is 6. The van der Waals surface area contributed by atoms with Gasteiger partial charge in [-0.05, 0) is 19.8 Å². The predicted molar refractivity (Wildman–Crippen MR) is 380 cm³/mol. The van der Waals surface area contributed by atoms with Crippen LogP contribution >= 0.6 is 0 Å². The van der Waals surface area contributed by atoms with Crippen LogP contribution < -0.4 is 26.6 Å². The lowest BCUT2D eigenvalue weighted by molar-refractivity contribution is -0.141. The van der Waals surface area contributed by atoms with Gasteiger partial charge < -0.3 is 77.4 Å². The Morgan fingerprint density at radius 1 is 0.299 bits per heavy atom. The Kier molecular flexibility index (Phi) is 42.3. The number of aliphatic carboxylic acids is 9. The number of nitrogens with one attached hydrogen (secondary N) is 5. The predicted octanol–water partition coefficient (Wildman–Crippen LogP) is -8.74. The summed E-state index contributed by atoms with van der Waals surface area (Å²) < 4.78 is 0. The van der Waals surface area contributed by atoms with E-state index in [-0.39, 0.29) is 215 Å². The van der Waals surface area contributed by atoms with Gasteiger partial charge in [-0.2, -0.15) is 0 Å². The van der Waals surface area contributed by atoms with Crippen LogP contribution in [-0.4, -0.2) is 479 Å². The maximum atomic E-state index is 14.4. The highest BCUT2D eigenvalue weighted by Crippen LogP contribution is 2.15. The molecular formula is C65H114N18O24. The van der Waals surface area contributed by atoms with Crippen molar-refractivity contribution in [1.82, 2.24) is 90.3 Å². The number of carboxylic acids is 9. The standard InChI is InChI=1S/C65H114N18O24/c1-47(2)32-83(53(87)34-71-6-8-72(35-54(88)89)10-12-74(37-56(92)93)13-11-73(9-7-71)36-55(90)91)33-52(86)70-46-65(5,44-68-50(84)30-66-63(106)48(3)81-26-22-77(40-59(98)99)18-14-75(38-57(94)95)15-19-78(23-27-81)41-60(100)101)45-69-51(85)31-67-64(107)49(4)82-28-24-79(42-61(102)103)20-16-76(39-58(96)97)17-21-80(25-29-82)43-62(104)105/h47-49H,6-46H2,1-5H3,(H,66,106)(H,67,107)(H,68,84)(H,69,85)(H,70,86)(H,88,89)(H,90,91)(H,92,93)(H,94,95)(H,96,97)(H,98,99)(H,100,101)(H,102,103)(H,104,105). The summed E-state index contributed by atoms with van der Waals surface area (Å²) >= 11 is 0. The maximum Gasteiger partial charge on any atom is 0.317 e. The van der Waals surface area contributed by atoms with Crippen LogP contribution in [0.15, 0.2) is 0 Å². The number of carbonyl (C=O) groups is 15. The third-order valence-electron chi connectivity index (χ3n) is 18.4. The fraction of sp³-hybridized carbons (Fsp3) is 0.769. The highest BCUT2D eigenvalue weighted by Gasteiger charge is 2.33. The summed E-state index contributed by atoms with van der Waals surface area (Å²) in [4.78, 5) is 211. The minimum atomic E-state index is -1.29. The third kappa shape index (κ3) is 40.9. The minimum Gasteiger partial charge on any atom is -0.480 e. The summed E-state index contributed by atoms with van der Waals surface area (Å²) in [7, 11) is 0. The Labute approximate surface area is 621 Å². The van der Waals surface area contributed by atoms with Gasteiger partial charge in [0.1, 0.15) is 0 Å². The molecule has 0 aromatic carbocycles. The molecule has 107 heavy (non-hydrogen) atoms. The lowest BCUT2D eigenvalue weighted by Gasteiger charge is -2.35. The zero-order valence-corrected chi connectivity index (χ0v) is 62.2. The highest BCUT2D eigenvalue weighted by atomic mass is 16.4. The fourth-order valence-electron chi connectivity index (χ4n) is 12.2. The molecule has 6 amide bonds. The van der Waals surface area contributed by atoms with E-state index in [1.54, 1.807) is 79.6 Å². The van der Waals surface area contributed by atoms with Gasteiger partial charge in [-0.15, -0.1) is 0 Å². The first-order valence-electron chi connectivity index (χ1n) is 35.7. The van der Waals surface area contributed by atoms with E-state index in [0.29, 0.717) is 0 Å². The van der Waals surface area contributed by atoms with Gasteiger partial charge in [-0.25, -0.2) is 0 Å². The Hall–Kier alpha value is -8.43. The zero-order chi connectivity index (χ0) is 79.9. The van der Waals surface area contributed by atoms with Crippen molar-refractivity contribution in [3.8, 4) is 0 Å². The van der Waals surface area contributed by atoms with Crippen molar-refractivity contribution in [1.29, 1.82) is 0 Å². The molecule has 0 radical (unpaired) electrons. The minimum absolute atomic E-state index is 0.0755. The SMILES string of the molecule is CC(C)CN(CC(=O)NCC(C)(CNC(=O)CNC(=O)C(C)N1CCN(CC(=O)O)CCN(CC(=O)O)CCN(CC(=O)O)CC1)CNC(=O)CNC(=O)C(C)N1CCN(CC(=O)O)CCN(CC(=O)O)CCN(CC(=O)O)CC1)C(=O)CN1CCN(CC(=O)O)CCN(CC(=O)O)CCN(CC(=O)O)CC1. The summed E-state index contributed by atoms with van der Waals surface area (Å²) in [6, 6.07) is -1.95. The van der Waals surface area contributed by atoms with E-state index in [4.69, 9.17) is 0 Å². The van der Waals surface area contributed by atoms with Crippen LogP contribution in [0.5, 0.6) is 0 Å². The van der Waals surface area contributed by atoms with Gasteiger partial charge in [0, 0.05) is 189 Å². The van der Waals surface area contributed by atoms with Gasteiger partial charge in [0.05, 0.1) is 97.2 Å². The summed E-state index contributed by atoms with van der Waals surface area (Å²) in [5.41, 5.74) is -1.29. The summed E-state index contributed by atoms with van der Waals surface area (Å²) in [6.07, 6.45) is 0. The second-order valence-corrected chi connectivity index (χ2v) is 28.0. The van der Waals surface area contributed by atoms with Crippen molar-refractivity contribution in [3.63, 3.8) is 0 Å². The van der Waals surface area contributed by atoms with Crippen molar-refractivity contribution in [2.75, 3.05) is 268 Å². The lowest BCUT2D eigenvalue weighted by Crippen LogP contribution is -2.55. The molecule has 42 nitrogen and oxygen atoms in total. The Morgan fingerprint density at radius 3 is 0.701 bits per heavy atom. The van der Waals surface area contributed by atoms with E-state index < -0.39 is 166 Å². The molecule has 0 spiro atoms. The molecule has 14 N–H and O–H groups in total. The largest absolute Gasteiger partial charge is 0.480 e. The van der Waals surface area contributed by atoms with Crippen molar-refractivity contribution in [3.05, 3.63) is 0 Å². The Balaban J connectivity index is 1.90. The molecule has 42 heteroatoms. The number of carboxylic acid groups (broad SMARTS) is 9. The van der Waals surface area contributed by atoms with E-state index in [1.165, 1.54) is 4.90 Å². The molecule has 0 aromatic rings. The van der Waals surface area contributed by atoms with Crippen LogP contribution in [0.3, 0.4) is 0 Å². The normalized spacial score (nSPS) is 19.2. The van der Waals surface area contributed by atoms with E-state index in [1.807, 2.05) is 13.8 Å². The van der Waals surface area contributed by atoms with Crippen molar-refractivity contribution in [2.45, 2.75) is 46.7 Å². The second kappa shape index (κ2) is 48.8. The molecule has 2 unspecified atom stereocenters. The lowest BCUT2D eigenvalue weighted by atomic mass is 9.90. The van der Waals surface area contributed by atoms with Crippen LogP contribution in [0.4, 0.5) is 0 Å². The van der Waals surface area contributed by atoms with E-state index in [0.717, 1.165) is 0 Å². The molecule has 3 fully saturated rings. The van der Waals surface area contributed by atoms with Crippen LogP contribution in [0.25, 0.3) is 0 Å². The van der Waals surface area contributed by atoms with Gasteiger partial charge >= 0.3 is 53.7 Å². The fourth-order valence-corrected chi connectivity index (χ4v) is 12.2. The Bertz CT molecular complexity index is 2740. The number of rotatable bonds is 38. The molecule has 0 aromatic heterocycles. The summed E-state index contributed by atoms with van der Waals surface area (Å²) in [5, 5.41) is 101. The molecule has 3 aliphatic rings. The number of amides is 6. The first kappa shape index (κ1) is 92.8. The number of hydrogen-bond donors (Lipinski definition) is 14. The van der Waals surface area contributed by atoms with Crippen LogP contribution in [-0.2, 0) is 71.9 Å². The van der Waals surface area contributed by atoms with E-state index in [2.05, 4.69) is 26.6 Å². The van der Waals surface area contributed by atoms with Crippen molar-refractivity contribution >= 4 is 89.2 Å². The highest BCUT2D eigenvalue weighted by molar-refractivity contribution is 5.89. The number of nitrogens with zero attached hydrogens (tertiary/aromatic N) is 13. The Morgan fingerprint density at radius 2 is 0.495 bits per heavy atom. The van der Waals surface area contributed by atoms with E-state index >= 15 is 0 Å². The molecule has 2 atom stereocenters. The van der Waals surface area contributed by atoms with Gasteiger partial charge in [0.2, 0.25) is 35.4 Å². The molecule has 0 saturated carbocycles. The first-order chi connectivity index (χ1) is 50.3. The molecular weight excluding hydrogens is 1420 g/mol.